The summed E-state index contributed by atoms with van der Waals surface area (Å²) >= 11 is 0. The van der Waals surface area contributed by atoms with E-state index < -0.39 is 0 Å². The maximum Gasteiger partial charge on any atom is 0.0500 e. The van der Waals surface area contributed by atoms with Crippen LogP contribution >= 0.6 is 0 Å². The van der Waals surface area contributed by atoms with Crippen molar-refractivity contribution in [2.24, 2.45) is 11.1 Å². The predicted octanol–water partition coefficient (Wildman–Crippen LogP) is 3.17. The van der Waals surface area contributed by atoms with Gasteiger partial charge >= 0.3 is 0 Å². The summed E-state index contributed by atoms with van der Waals surface area (Å²) in [6.45, 7) is 6.17. The minimum atomic E-state index is -0.321. The number of aliphatic hydroxyl groups excluding tert-OH is 1. The lowest BCUT2D eigenvalue weighted by molar-refractivity contribution is 0.133. The molecule has 2 rings (SSSR count). The second-order valence-corrected chi connectivity index (χ2v) is 5.64. The van der Waals surface area contributed by atoms with E-state index in [1.807, 2.05) is 26.0 Å². The van der Waals surface area contributed by atoms with Crippen LogP contribution in [0.2, 0.25) is 0 Å². The number of hydrogen-bond donors (Lipinski definition) is 2. The van der Waals surface area contributed by atoms with E-state index in [2.05, 4.69) is 31.2 Å². The lowest BCUT2D eigenvalue weighted by Crippen LogP contribution is -2.32. The third-order valence-corrected chi connectivity index (χ3v) is 3.76. The van der Waals surface area contributed by atoms with Crippen LogP contribution in [0.4, 0.5) is 0 Å². The lowest BCUT2D eigenvalue weighted by Gasteiger charge is -2.30. The van der Waals surface area contributed by atoms with Gasteiger partial charge < -0.3 is 10.8 Å². The highest BCUT2D eigenvalue weighted by Crippen LogP contribution is 2.35. The van der Waals surface area contributed by atoms with Crippen LogP contribution in [0, 0.1) is 12.3 Å². The molecule has 3 N–H and O–H groups in total. The zero-order chi connectivity index (χ0) is 13.3. The molecule has 0 saturated heterocycles. The topological polar surface area (TPSA) is 46.2 Å². The maximum atomic E-state index is 9.47. The van der Waals surface area contributed by atoms with Crippen LogP contribution in [0.1, 0.15) is 31.0 Å². The Hall–Kier alpha value is -1.38. The molecule has 1 atom stereocenters. The van der Waals surface area contributed by atoms with E-state index in [9.17, 15) is 5.11 Å². The molecule has 0 aliphatic rings. The van der Waals surface area contributed by atoms with Gasteiger partial charge in [-0.05, 0) is 28.8 Å². The van der Waals surface area contributed by atoms with Crippen molar-refractivity contribution in [3.05, 3.63) is 47.5 Å². The monoisotopic (exact) mass is 243 g/mol. The Morgan fingerprint density at radius 3 is 2.33 bits per heavy atom. The fourth-order valence-electron chi connectivity index (χ4n) is 2.26. The van der Waals surface area contributed by atoms with Crippen molar-refractivity contribution in [3.8, 4) is 0 Å². The number of aliphatic hydroxyl groups is 1. The van der Waals surface area contributed by atoms with Crippen LogP contribution in [0.25, 0.3) is 10.8 Å². The summed E-state index contributed by atoms with van der Waals surface area (Å²) in [4.78, 5) is 0. The Bertz CT molecular complexity index is 560. The molecule has 2 aromatic carbocycles. The SMILES string of the molecule is Cc1ccc([C@H](N)C(C)(C)CO)c2ccccc12. The minimum absolute atomic E-state index is 0.0797. The van der Waals surface area contributed by atoms with Crippen molar-refractivity contribution >= 4 is 10.8 Å². The van der Waals surface area contributed by atoms with Crippen molar-refractivity contribution in [3.63, 3.8) is 0 Å². The fraction of sp³-hybridized carbons (Fsp3) is 0.375. The summed E-state index contributed by atoms with van der Waals surface area (Å²) in [5.41, 5.74) is 8.38. The first kappa shape index (κ1) is 13.1. The molecule has 0 spiro atoms. The minimum Gasteiger partial charge on any atom is -0.396 e. The van der Waals surface area contributed by atoms with Gasteiger partial charge in [0.15, 0.2) is 0 Å². The molecule has 0 aliphatic heterocycles. The van der Waals surface area contributed by atoms with E-state index in [4.69, 9.17) is 5.73 Å². The predicted molar refractivity (Wildman–Crippen MR) is 76.5 cm³/mol. The lowest BCUT2D eigenvalue weighted by atomic mass is 9.80. The maximum absolute atomic E-state index is 9.47. The Morgan fingerprint density at radius 2 is 1.72 bits per heavy atom. The highest BCUT2D eigenvalue weighted by Gasteiger charge is 2.28. The van der Waals surface area contributed by atoms with Gasteiger partial charge in [0.05, 0.1) is 0 Å². The zero-order valence-electron chi connectivity index (χ0n) is 11.3. The van der Waals surface area contributed by atoms with Crippen molar-refractivity contribution in [1.29, 1.82) is 0 Å². The third kappa shape index (κ3) is 2.14. The molecule has 2 nitrogen and oxygen atoms in total. The average Bonchev–Trinajstić information content (AvgIpc) is 2.39. The van der Waals surface area contributed by atoms with Crippen molar-refractivity contribution in [2.75, 3.05) is 6.61 Å². The second kappa shape index (κ2) is 4.71. The first-order valence-corrected chi connectivity index (χ1v) is 6.32. The van der Waals surface area contributed by atoms with Crippen molar-refractivity contribution < 1.29 is 5.11 Å². The van der Waals surface area contributed by atoms with Crippen LogP contribution in [0.3, 0.4) is 0 Å². The van der Waals surface area contributed by atoms with E-state index in [-0.39, 0.29) is 18.1 Å². The molecule has 2 aromatic rings. The van der Waals surface area contributed by atoms with Crippen molar-refractivity contribution in [2.45, 2.75) is 26.8 Å². The van der Waals surface area contributed by atoms with Crippen LogP contribution in [0.15, 0.2) is 36.4 Å². The highest BCUT2D eigenvalue weighted by atomic mass is 16.3. The third-order valence-electron chi connectivity index (χ3n) is 3.76. The fourth-order valence-corrected chi connectivity index (χ4v) is 2.26. The molecular weight excluding hydrogens is 222 g/mol. The number of hydrogen-bond acceptors (Lipinski definition) is 2. The number of aryl methyl sites for hydroxylation is 1. The summed E-state index contributed by atoms with van der Waals surface area (Å²) in [5.74, 6) is 0. The van der Waals surface area contributed by atoms with E-state index >= 15 is 0 Å². The van der Waals surface area contributed by atoms with Gasteiger partial charge in [-0.15, -0.1) is 0 Å². The molecule has 0 heterocycles. The smallest absolute Gasteiger partial charge is 0.0500 e. The summed E-state index contributed by atoms with van der Waals surface area (Å²) in [5, 5.41) is 11.9. The normalized spacial score (nSPS) is 13.8. The Kier molecular flexibility index (Phi) is 3.42. The summed E-state index contributed by atoms with van der Waals surface area (Å²) in [7, 11) is 0. The van der Waals surface area contributed by atoms with Crippen LogP contribution < -0.4 is 5.73 Å². The molecule has 0 unspecified atom stereocenters. The molecule has 0 aliphatic carbocycles. The second-order valence-electron chi connectivity index (χ2n) is 5.64. The van der Waals surface area contributed by atoms with E-state index in [1.165, 1.54) is 16.3 Å². The molecule has 18 heavy (non-hydrogen) atoms. The largest absolute Gasteiger partial charge is 0.396 e. The summed E-state index contributed by atoms with van der Waals surface area (Å²) < 4.78 is 0. The number of rotatable bonds is 3. The molecule has 0 fully saturated rings. The zero-order valence-corrected chi connectivity index (χ0v) is 11.3. The molecule has 0 bridgehead atoms. The Morgan fingerprint density at radius 1 is 1.11 bits per heavy atom. The molecular formula is C16H21NO. The Balaban J connectivity index is 2.62. The van der Waals surface area contributed by atoms with Crippen molar-refractivity contribution in [1.82, 2.24) is 0 Å². The number of nitrogens with two attached hydrogens (primary N) is 1. The summed E-state index contributed by atoms with van der Waals surface area (Å²) in [6, 6.07) is 12.3. The van der Waals surface area contributed by atoms with Crippen LogP contribution in [0.5, 0.6) is 0 Å². The van der Waals surface area contributed by atoms with Gasteiger partial charge in [0.1, 0.15) is 0 Å². The average molecular weight is 243 g/mol. The number of fused-ring (bicyclic) bond motifs is 1. The van der Waals surface area contributed by atoms with Gasteiger partial charge in [0.25, 0.3) is 0 Å². The van der Waals surface area contributed by atoms with Gasteiger partial charge in [-0.2, -0.15) is 0 Å². The van der Waals surface area contributed by atoms with Gasteiger partial charge in [-0.25, -0.2) is 0 Å². The van der Waals surface area contributed by atoms with Gasteiger partial charge in [0.2, 0.25) is 0 Å². The van der Waals surface area contributed by atoms with E-state index in [0.29, 0.717) is 0 Å². The van der Waals surface area contributed by atoms with Crippen LogP contribution in [-0.2, 0) is 0 Å². The first-order chi connectivity index (χ1) is 8.47. The van der Waals surface area contributed by atoms with Gasteiger partial charge in [0, 0.05) is 18.1 Å². The molecule has 0 amide bonds. The molecule has 2 heteroatoms. The highest BCUT2D eigenvalue weighted by molar-refractivity contribution is 5.89. The van der Waals surface area contributed by atoms with Gasteiger partial charge in [-0.1, -0.05) is 50.2 Å². The first-order valence-electron chi connectivity index (χ1n) is 6.32. The van der Waals surface area contributed by atoms with Crippen LogP contribution in [-0.4, -0.2) is 11.7 Å². The standard InChI is InChI=1S/C16H21NO/c1-11-8-9-14(15(17)16(2,3)10-18)13-7-5-4-6-12(11)13/h4-9,15,18H,10,17H2,1-3H3/t15-/m0/s1. The molecule has 0 aromatic heterocycles. The number of benzene rings is 2. The summed E-state index contributed by atoms with van der Waals surface area (Å²) in [6.07, 6.45) is 0. The van der Waals surface area contributed by atoms with E-state index in [1.54, 1.807) is 0 Å². The van der Waals surface area contributed by atoms with Gasteiger partial charge in [-0.3, -0.25) is 0 Å². The molecule has 96 valence electrons. The molecule has 0 radical (unpaired) electrons. The quantitative estimate of drug-likeness (QED) is 0.869. The van der Waals surface area contributed by atoms with E-state index in [0.717, 1.165) is 5.56 Å². The Labute approximate surface area is 108 Å². The molecule has 0 saturated carbocycles.